The zero-order valence-electron chi connectivity index (χ0n) is 16.7. The van der Waals surface area contributed by atoms with Crippen LogP contribution in [0.3, 0.4) is 0 Å². The van der Waals surface area contributed by atoms with Crippen LogP contribution in [-0.2, 0) is 13.0 Å². The molecule has 0 atom stereocenters. The minimum atomic E-state index is -0.486. The number of anilines is 2. The predicted octanol–water partition coefficient (Wildman–Crippen LogP) is 5.54. The number of benzene rings is 2. The Morgan fingerprint density at radius 3 is 2.73 bits per heavy atom. The Morgan fingerprint density at radius 1 is 1.07 bits per heavy atom. The van der Waals surface area contributed by atoms with Crippen molar-refractivity contribution in [2.45, 2.75) is 32.2 Å². The van der Waals surface area contributed by atoms with Crippen LogP contribution in [0, 0.1) is 5.82 Å². The van der Waals surface area contributed by atoms with Crippen LogP contribution in [0.2, 0.25) is 5.02 Å². The van der Waals surface area contributed by atoms with E-state index in [1.807, 2.05) is 4.90 Å². The average Bonchev–Trinajstić information content (AvgIpc) is 3.15. The van der Waals surface area contributed by atoms with Crippen molar-refractivity contribution in [3.63, 3.8) is 0 Å². The predicted molar refractivity (Wildman–Crippen MR) is 119 cm³/mol. The monoisotopic (exact) mass is 426 g/mol. The normalized spacial score (nSPS) is 16.6. The number of fused-ring (bicyclic) bond motifs is 2. The van der Waals surface area contributed by atoms with Crippen LogP contribution >= 0.6 is 11.6 Å². The van der Waals surface area contributed by atoms with E-state index in [0.29, 0.717) is 29.7 Å². The quantitative estimate of drug-likeness (QED) is 0.565. The van der Waals surface area contributed by atoms with Gasteiger partial charge in [0.25, 0.3) is 0 Å². The molecule has 2 amide bonds. The van der Waals surface area contributed by atoms with Crippen LogP contribution in [0.15, 0.2) is 36.5 Å². The van der Waals surface area contributed by atoms with Crippen LogP contribution in [-0.4, -0.2) is 35.5 Å². The third-order valence-electron chi connectivity index (χ3n) is 6.17. The number of amides is 2. The third kappa shape index (κ3) is 3.60. The maximum Gasteiger partial charge on any atom is 0.322 e. The van der Waals surface area contributed by atoms with Crippen molar-refractivity contribution in [1.82, 2.24) is 9.88 Å². The van der Waals surface area contributed by atoms with E-state index in [1.165, 1.54) is 48.2 Å². The van der Waals surface area contributed by atoms with Crippen LogP contribution in [0.4, 0.5) is 20.6 Å². The Labute approximate surface area is 179 Å². The van der Waals surface area contributed by atoms with Gasteiger partial charge in [-0.3, -0.25) is 0 Å². The molecular formula is C23H24ClFN4O. The van der Waals surface area contributed by atoms with E-state index >= 15 is 0 Å². The summed E-state index contributed by atoms with van der Waals surface area (Å²) in [7, 11) is 0. The van der Waals surface area contributed by atoms with E-state index in [-0.39, 0.29) is 11.1 Å². The van der Waals surface area contributed by atoms with E-state index in [4.69, 9.17) is 11.6 Å². The molecule has 5 nitrogen and oxygen atoms in total. The molecule has 2 aliphatic heterocycles. The Kier molecular flexibility index (Phi) is 5.03. The van der Waals surface area contributed by atoms with Gasteiger partial charge >= 0.3 is 6.03 Å². The van der Waals surface area contributed by atoms with E-state index < -0.39 is 5.82 Å². The summed E-state index contributed by atoms with van der Waals surface area (Å²) in [6.07, 6.45) is 6.35. The lowest BCUT2D eigenvalue weighted by Gasteiger charge is -2.32. The number of aromatic nitrogens is 1. The van der Waals surface area contributed by atoms with Crippen molar-refractivity contribution in [3.05, 3.63) is 58.5 Å². The number of aromatic amines is 1. The summed E-state index contributed by atoms with van der Waals surface area (Å²) in [6.45, 7) is 3.51. The van der Waals surface area contributed by atoms with Crippen LogP contribution in [0.1, 0.15) is 30.4 Å². The number of hydrogen-bond acceptors (Lipinski definition) is 2. The lowest BCUT2D eigenvalue weighted by molar-refractivity contribution is 0.206. The van der Waals surface area contributed by atoms with Gasteiger partial charge in [-0.15, -0.1) is 0 Å². The minimum absolute atomic E-state index is 0.0361. The number of halogens is 2. The summed E-state index contributed by atoms with van der Waals surface area (Å²) in [5.41, 5.74) is 5.02. The second-order valence-corrected chi connectivity index (χ2v) is 8.52. The lowest BCUT2D eigenvalue weighted by atomic mass is 9.98. The molecule has 156 valence electrons. The van der Waals surface area contributed by atoms with Crippen molar-refractivity contribution in [1.29, 1.82) is 0 Å². The summed E-state index contributed by atoms with van der Waals surface area (Å²) in [6, 6.07) is 9.35. The lowest BCUT2D eigenvalue weighted by Crippen LogP contribution is -2.39. The van der Waals surface area contributed by atoms with Gasteiger partial charge in [-0.25, -0.2) is 9.18 Å². The van der Waals surface area contributed by atoms with Crippen molar-refractivity contribution < 1.29 is 9.18 Å². The molecule has 1 saturated heterocycles. The first kappa shape index (κ1) is 19.2. The standard InChI is InChI=1S/C23H24ClFN4O/c24-19-11-18-21(12-20(19)25)26-13-22(18)27-23(30)29-9-6-15-10-17(5-4-16(15)14-29)28-7-2-1-3-8-28/h4-5,10-13,26H,1-3,6-9,14H2,(H,27,30). The number of H-pyrrole nitrogens is 1. The molecule has 0 aliphatic carbocycles. The molecule has 0 saturated carbocycles. The maximum absolute atomic E-state index is 13.6. The zero-order valence-corrected chi connectivity index (χ0v) is 17.4. The van der Waals surface area contributed by atoms with Crippen molar-refractivity contribution in [2.24, 2.45) is 0 Å². The summed E-state index contributed by atoms with van der Waals surface area (Å²) in [5, 5.41) is 3.67. The number of nitrogens with one attached hydrogen (secondary N) is 2. The fourth-order valence-corrected chi connectivity index (χ4v) is 4.64. The van der Waals surface area contributed by atoms with Gasteiger partial charge in [-0.2, -0.15) is 0 Å². The summed E-state index contributed by atoms with van der Waals surface area (Å²) < 4.78 is 13.6. The summed E-state index contributed by atoms with van der Waals surface area (Å²) in [4.78, 5) is 20.1. The van der Waals surface area contributed by atoms with Gasteiger partial charge in [-0.1, -0.05) is 17.7 Å². The Morgan fingerprint density at radius 2 is 1.90 bits per heavy atom. The second kappa shape index (κ2) is 7.84. The molecule has 2 aliphatic rings. The number of carbonyl (C=O) groups is 1. The Balaban J connectivity index is 1.30. The molecule has 0 bridgehead atoms. The minimum Gasteiger partial charge on any atom is -0.372 e. The van der Waals surface area contributed by atoms with Gasteiger partial charge in [0.05, 0.1) is 16.2 Å². The number of piperidine rings is 1. The van der Waals surface area contributed by atoms with Crippen LogP contribution in [0.25, 0.3) is 10.9 Å². The first-order valence-electron chi connectivity index (χ1n) is 10.5. The fourth-order valence-electron chi connectivity index (χ4n) is 4.48. The molecule has 2 aromatic carbocycles. The molecule has 2 N–H and O–H groups in total. The van der Waals surface area contributed by atoms with Crippen molar-refractivity contribution in [2.75, 3.05) is 29.9 Å². The van der Waals surface area contributed by atoms with Gasteiger partial charge in [0, 0.05) is 43.4 Å². The highest BCUT2D eigenvalue weighted by Crippen LogP contribution is 2.30. The van der Waals surface area contributed by atoms with E-state index in [9.17, 15) is 9.18 Å². The van der Waals surface area contributed by atoms with E-state index in [2.05, 4.69) is 33.4 Å². The van der Waals surface area contributed by atoms with Gasteiger partial charge in [0.1, 0.15) is 5.82 Å². The second-order valence-electron chi connectivity index (χ2n) is 8.12. The molecule has 1 aromatic heterocycles. The van der Waals surface area contributed by atoms with Crippen molar-refractivity contribution >= 4 is 39.9 Å². The van der Waals surface area contributed by atoms with Gasteiger partial charge in [0.15, 0.2) is 0 Å². The zero-order chi connectivity index (χ0) is 20.7. The van der Waals surface area contributed by atoms with Gasteiger partial charge < -0.3 is 20.1 Å². The van der Waals surface area contributed by atoms with Gasteiger partial charge in [-0.05, 0) is 61.1 Å². The summed E-state index contributed by atoms with van der Waals surface area (Å²) in [5.74, 6) is -0.486. The number of carbonyl (C=O) groups excluding carboxylic acids is 1. The highest BCUT2D eigenvalue weighted by atomic mass is 35.5. The van der Waals surface area contributed by atoms with Crippen LogP contribution in [0.5, 0.6) is 0 Å². The average molecular weight is 427 g/mol. The number of urea groups is 1. The van der Waals surface area contributed by atoms with Crippen LogP contribution < -0.4 is 10.2 Å². The van der Waals surface area contributed by atoms with E-state index in [1.54, 1.807) is 6.20 Å². The molecule has 0 unspecified atom stereocenters. The van der Waals surface area contributed by atoms with Gasteiger partial charge in [0.2, 0.25) is 0 Å². The molecule has 1 fully saturated rings. The van der Waals surface area contributed by atoms with E-state index in [0.717, 1.165) is 19.5 Å². The highest BCUT2D eigenvalue weighted by molar-refractivity contribution is 6.31. The number of nitrogens with zero attached hydrogens (tertiary/aromatic N) is 2. The molecule has 0 radical (unpaired) electrons. The first-order chi connectivity index (χ1) is 14.6. The fraction of sp³-hybridized carbons (Fsp3) is 0.348. The highest BCUT2D eigenvalue weighted by Gasteiger charge is 2.23. The SMILES string of the molecule is O=C(Nc1c[nH]c2cc(F)c(Cl)cc12)N1CCc2cc(N3CCCCC3)ccc2C1. The Bertz CT molecular complexity index is 1110. The Hall–Kier alpha value is -2.73. The third-order valence-corrected chi connectivity index (χ3v) is 6.46. The molecule has 3 heterocycles. The number of rotatable bonds is 2. The first-order valence-corrected chi connectivity index (χ1v) is 10.8. The molecular weight excluding hydrogens is 403 g/mol. The molecule has 3 aromatic rings. The van der Waals surface area contributed by atoms with Crippen molar-refractivity contribution in [3.8, 4) is 0 Å². The molecule has 0 spiro atoms. The largest absolute Gasteiger partial charge is 0.372 e. The summed E-state index contributed by atoms with van der Waals surface area (Å²) >= 11 is 5.91. The maximum atomic E-state index is 13.6. The molecule has 5 rings (SSSR count). The number of hydrogen-bond donors (Lipinski definition) is 2. The topological polar surface area (TPSA) is 51.4 Å². The smallest absolute Gasteiger partial charge is 0.322 e. The molecule has 30 heavy (non-hydrogen) atoms. The molecule has 7 heteroatoms.